The van der Waals surface area contributed by atoms with Gasteiger partial charge in [-0.1, -0.05) is 18.7 Å². The summed E-state index contributed by atoms with van der Waals surface area (Å²) >= 11 is 3.34. The van der Waals surface area contributed by atoms with Crippen molar-refractivity contribution in [3.63, 3.8) is 0 Å². The van der Waals surface area contributed by atoms with Crippen molar-refractivity contribution in [2.75, 3.05) is 5.73 Å². The first-order chi connectivity index (χ1) is 8.61. The highest BCUT2D eigenvalue weighted by molar-refractivity contribution is 7.98. The summed E-state index contributed by atoms with van der Waals surface area (Å²) in [6, 6.07) is 0.268. The maximum Gasteiger partial charge on any atom is 0.222 e. The van der Waals surface area contributed by atoms with Crippen LogP contribution < -0.4 is 5.73 Å². The molecule has 0 aliphatic rings. The third-order valence-corrected chi connectivity index (χ3v) is 4.48. The Bertz CT molecular complexity index is 517. The summed E-state index contributed by atoms with van der Waals surface area (Å²) in [5.74, 6) is 1.28. The van der Waals surface area contributed by atoms with E-state index in [2.05, 4.69) is 41.3 Å². The van der Waals surface area contributed by atoms with Crippen molar-refractivity contribution < 1.29 is 0 Å². The molecular formula is C11H17N5S2. The van der Waals surface area contributed by atoms with Gasteiger partial charge in [0.05, 0.1) is 10.7 Å². The number of hydrogen-bond acceptors (Lipinski definition) is 6. The largest absolute Gasteiger partial charge is 0.368 e. The van der Waals surface area contributed by atoms with E-state index in [1.807, 2.05) is 4.57 Å². The molecule has 0 fully saturated rings. The number of rotatable bonds is 5. The van der Waals surface area contributed by atoms with Crippen LogP contribution in [0.2, 0.25) is 0 Å². The first-order valence-corrected chi connectivity index (χ1v) is 7.74. The maximum atomic E-state index is 5.80. The van der Waals surface area contributed by atoms with Crippen molar-refractivity contribution in [3.8, 4) is 0 Å². The van der Waals surface area contributed by atoms with E-state index in [0.29, 0.717) is 5.95 Å². The van der Waals surface area contributed by atoms with Crippen LogP contribution in [0, 0.1) is 0 Å². The summed E-state index contributed by atoms with van der Waals surface area (Å²) in [6.07, 6.45) is 0.991. The summed E-state index contributed by atoms with van der Waals surface area (Å²) in [5, 5.41) is 12.2. The third-order valence-electron chi connectivity index (χ3n) is 2.46. The van der Waals surface area contributed by atoms with Gasteiger partial charge in [0.25, 0.3) is 0 Å². The van der Waals surface area contributed by atoms with Crippen LogP contribution in [0.5, 0.6) is 0 Å². The zero-order valence-electron chi connectivity index (χ0n) is 10.8. The minimum Gasteiger partial charge on any atom is -0.368 e. The van der Waals surface area contributed by atoms with Gasteiger partial charge in [-0.25, -0.2) is 4.98 Å². The lowest BCUT2D eigenvalue weighted by molar-refractivity contribution is 0.557. The second-order valence-electron chi connectivity index (χ2n) is 4.18. The van der Waals surface area contributed by atoms with E-state index in [1.54, 1.807) is 23.1 Å². The van der Waals surface area contributed by atoms with Crippen LogP contribution in [0.4, 0.5) is 5.95 Å². The highest BCUT2D eigenvalue weighted by Gasteiger charge is 2.13. The third kappa shape index (κ3) is 2.84. The summed E-state index contributed by atoms with van der Waals surface area (Å²) in [4.78, 5) is 4.53. The molecule has 0 saturated heterocycles. The molecule has 0 amide bonds. The number of thioether (sulfide) groups is 1. The number of thiazole rings is 1. The SMILES string of the molecule is CCc1nc(CSc2nnc(N)n2C(C)C)cs1. The van der Waals surface area contributed by atoms with Gasteiger partial charge in [0, 0.05) is 17.2 Å². The maximum absolute atomic E-state index is 5.80. The minimum absolute atomic E-state index is 0.268. The van der Waals surface area contributed by atoms with Gasteiger partial charge >= 0.3 is 0 Å². The van der Waals surface area contributed by atoms with E-state index in [4.69, 9.17) is 5.73 Å². The Morgan fingerprint density at radius 3 is 2.83 bits per heavy atom. The van der Waals surface area contributed by atoms with Crippen molar-refractivity contribution in [2.45, 2.75) is 44.1 Å². The van der Waals surface area contributed by atoms with Crippen LogP contribution in [0.3, 0.4) is 0 Å². The number of hydrogen-bond donors (Lipinski definition) is 1. The molecule has 0 atom stereocenters. The Labute approximate surface area is 115 Å². The molecule has 2 heterocycles. The molecule has 0 aromatic carbocycles. The fourth-order valence-corrected chi connectivity index (χ4v) is 3.41. The van der Waals surface area contributed by atoms with Gasteiger partial charge in [-0.2, -0.15) is 0 Å². The fourth-order valence-electron chi connectivity index (χ4n) is 1.59. The molecule has 0 saturated carbocycles. The van der Waals surface area contributed by atoms with E-state index >= 15 is 0 Å². The molecule has 2 aromatic rings. The molecule has 2 rings (SSSR count). The van der Waals surface area contributed by atoms with Crippen LogP contribution >= 0.6 is 23.1 Å². The molecule has 0 aliphatic carbocycles. The average molecular weight is 283 g/mol. The topological polar surface area (TPSA) is 69.6 Å². The second-order valence-corrected chi connectivity index (χ2v) is 6.06. The van der Waals surface area contributed by atoms with E-state index < -0.39 is 0 Å². The molecule has 0 spiro atoms. The summed E-state index contributed by atoms with van der Waals surface area (Å²) < 4.78 is 1.94. The Kier molecular flexibility index (Phi) is 4.23. The number of nitrogen functional groups attached to an aromatic ring is 1. The Hall–Kier alpha value is -1.08. The van der Waals surface area contributed by atoms with E-state index in [1.165, 1.54) is 5.01 Å². The fraction of sp³-hybridized carbons (Fsp3) is 0.545. The quantitative estimate of drug-likeness (QED) is 0.854. The van der Waals surface area contributed by atoms with Crippen molar-refractivity contribution in [1.82, 2.24) is 19.7 Å². The zero-order chi connectivity index (χ0) is 13.1. The van der Waals surface area contributed by atoms with Crippen LogP contribution in [0.25, 0.3) is 0 Å². The molecule has 0 radical (unpaired) electrons. The zero-order valence-corrected chi connectivity index (χ0v) is 12.4. The predicted octanol–water partition coefficient (Wildman–Crippen LogP) is 2.75. The Morgan fingerprint density at radius 1 is 1.44 bits per heavy atom. The summed E-state index contributed by atoms with van der Waals surface area (Å²) in [6.45, 7) is 6.26. The van der Waals surface area contributed by atoms with Gasteiger partial charge in [-0.05, 0) is 20.3 Å². The monoisotopic (exact) mass is 283 g/mol. The van der Waals surface area contributed by atoms with Gasteiger partial charge < -0.3 is 5.73 Å². The number of aromatic nitrogens is 4. The molecule has 0 unspecified atom stereocenters. The van der Waals surface area contributed by atoms with Crippen molar-refractivity contribution >= 4 is 29.0 Å². The predicted molar refractivity (Wildman–Crippen MR) is 75.9 cm³/mol. The highest BCUT2D eigenvalue weighted by atomic mass is 32.2. The molecule has 0 bridgehead atoms. The minimum atomic E-state index is 0.268. The molecule has 7 heteroatoms. The molecule has 5 nitrogen and oxygen atoms in total. The Balaban J connectivity index is 2.06. The van der Waals surface area contributed by atoms with Crippen LogP contribution in [0.15, 0.2) is 10.5 Å². The lowest BCUT2D eigenvalue weighted by atomic mass is 10.4. The van der Waals surface area contributed by atoms with Crippen LogP contribution in [-0.4, -0.2) is 19.7 Å². The molecule has 2 aromatic heterocycles. The molecule has 98 valence electrons. The van der Waals surface area contributed by atoms with Crippen LogP contribution in [-0.2, 0) is 12.2 Å². The molecule has 18 heavy (non-hydrogen) atoms. The smallest absolute Gasteiger partial charge is 0.222 e. The van der Waals surface area contributed by atoms with E-state index in [9.17, 15) is 0 Å². The van der Waals surface area contributed by atoms with Gasteiger partial charge in [0.1, 0.15) is 0 Å². The lowest BCUT2D eigenvalue weighted by Crippen LogP contribution is -2.07. The van der Waals surface area contributed by atoms with Crippen molar-refractivity contribution in [3.05, 3.63) is 16.1 Å². The lowest BCUT2D eigenvalue weighted by Gasteiger charge is -2.10. The molecule has 0 aliphatic heterocycles. The van der Waals surface area contributed by atoms with Gasteiger partial charge in [0.2, 0.25) is 5.95 Å². The van der Waals surface area contributed by atoms with E-state index in [-0.39, 0.29) is 6.04 Å². The summed E-state index contributed by atoms with van der Waals surface area (Å²) in [5.41, 5.74) is 6.90. The van der Waals surface area contributed by atoms with E-state index in [0.717, 1.165) is 23.0 Å². The van der Waals surface area contributed by atoms with Crippen molar-refractivity contribution in [1.29, 1.82) is 0 Å². The van der Waals surface area contributed by atoms with Gasteiger partial charge in [-0.3, -0.25) is 4.57 Å². The van der Waals surface area contributed by atoms with Gasteiger partial charge in [-0.15, -0.1) is 21.5 Å². The van der Waals surface area contributed by atoms with Crippen LogP contribution in [0.1, 0.15) is 37.5 Å². The number of anilines is 1. The number of aryl methyl sites for hydroxylation is 1. The normalized spacial score (nSPS) is 11.3. The second kappa shape index (κ2) is 5.71. The van der Waals surface area contributed by atoms with Crippen molar-refractivity contribution in [2.24, 2.45) is 0 Å². The highest BCUT2D eigenvalue weighted by Crippen LogP contribution is 2.26. The molecular weight excluding hydrogens is 266 g/mol. The first-order valence-electron chi connectivity index (χ1n) is 5.88. The number of nitrogens with two attached hydrogens (primary N) is 1. The summed E-state index contributed by atoms with van der Waals surface area (Å²) in [7, 11) is 0. The molecule has 2 N–H and O–H groups in total. The van der Waals surface area contributed by atoms with Gasteiger partial charge in [0.15, 0.2) is 5.16 Å². The Morgan fingerprint density at radius 2 is 2.22 bits per heavy atom. The first kappa shape index (κ1) is 13.4. The number of nitrogens with zero attached hydrogens (tertiary/aromatic N) is 4. The average Bonchev–Trinajstić information content (AvgIpc) is 2.92. The standard InChI is InChI=1S/C11H17N5S2/c1-4-9-13-8(5-17-9)6-18-11-15-14-10(12)16(11)7(2)3/h5,7H,4,6H2,1-3H3,(H2,12,14).